The van der Waals surface area contributed by atoms with Gasteiger partial charge in [0, 0.05) is 44.6 Å². The summed E-state index contributed by atoms with van der Waals surface area (Å²) in [6, 6.07) is 0.400. The molecule has 2 aromatic rings. The van der Waals surface area contributed by atoms with Gasteiger partial charge >= 0.3 is 0 Å². The minimum Gasteiger partial charge on any atom is -0.355 e. The first-order chi connectivity index (χ1) is 14.2. The van der Waals surface area contributed by atoms with Gasteiger partial charge in [0.1, 0.15) is 12.2 Å². The smallest absolute Gasteiger partial charge is 0.226 e. The van der Waals surface area contributed by atoms with Crippen LogP contribution in [-0.2, 0) is 17.8 Å². The Morgan fingerprint density at radius 1 is 0.966 bits per heavy atom. The van der Waals surface area contributed by atoms with Crippen LogP contribution >= 0.6 is 0 Å². The highest BCUT2D eigenvalue weighted by Crippen LogP contribution is 2.30. The third-order valence-corrected chi connectivity index (χ3v) is 7.10. The molecule has 0 aromatic carbocycles. The molecule has 5 heterocycles. The molecule has 3 aliphatic heterocycles. The van der Waals surface area contributed by atoms with Crippen molar-refractivity contribution in [2.75, 3.05) is 24.5 Å². The molecule has 1 unspecified atom stereocenters. The van der Waals surface area contributed by atoms with Crippen LogP contribution in [0.2, 0.25) is 0 Å². The number of carbonyl (C=O) groups is 1. The summed E-state index contributed by atoms with van der Waals surface area (Å²) < 4.78 is 2.29. The third-order valence-electron chi connectivity index (χ3n) is 7.10. The standard InChI is InChI=1S/C22H32N6O/c1-16-7-4-6-11-27(16)22(29)17-9-13-26(14-10-17)20-19-21(24-15-23-20)28-12-5-2-3-8-18(28)25-19/h15-17H,2-14H2,1H3. The lowest BCUT2D eigenvalue weighted by Gasteiger charge is -2.39. The summed E-state index contributed by atoms with van der Waals surface area (Å²) in [6.45, 7) is 5.88. The van der Waals surface area contributed by atoms with Crippen molar-refractivity contribution in [3.8, 4) is 0 Å². The van der Waals surface area contributed by atoms with Gasteiger partial charge in [-0.15, -0.1) is 0 Å². The van der Waals surface area contributed by atoms with Crippen LogP contribution in [0.4, 0.5) is 5.82 Å². The largest absolute Gasteiger partial charge is 0.355 e. The number of imidazole rings is 1. The molecule has 0 N–H and O–H groups in total. The predicted octanol–water partition coefficient (Wildman–Crippen LogP) is 3.17. The van der Waals surface area contributed by atoms with Crippen LogP contribution in [0.5, 0.6) is 0 Å². The van der Waals surface area contributed by atoms with Crippen LogP contribution in [0.1, 0.15) is 64.1 Å². The van der Waals surface area contributed by atoms with Crippen LogP contribution in [-0.4, -0.2) is 56.0 Å². The van der Waals surface area contributed by atoms with Gasteiger partial charge in [0.25, 0.3) is 0 Å². The molecule has 0 bridgehead atoms. The van der Waals surface area contributed by atoms with Gasteiger partial charge in [-0.3, -0.25) is 4.79 Å². The molecule has 1 atom stereocenters. The van der Waals surface area contributed by atoms with E-state index in [4.69, 9.17) is 4.98 Å². The van der Waals surface area contributed by atoms with Gasteiger partial charge in [-0.05, 0) is 51.9 Å². The maximum atomic E-state index is 13.1. The molecular formula is C22H32N6O. The number of aromatic nitrogens is 4. The van der Waals surface area contributed by atoms with Crippen molar-refractivity contribution in [1.82, 2.24) is 24.4 Å². The summed E-state index contributed by atoms with van der Waals surface area (Å²) in [5.41, 5.74) is 1.92. The second-order valence-electron chi connectivity index (χ2n) is 9.00. The Bertz CT molecular complexity index is 885. The second kappa shape index (κ2) is 7.92. The Hall–Kier alpha value is -2.18. The molecule has 0 spiro atoms. The maximum absolute atomic E-state index is 13.1. The quantitative estimate of drug-likeness (QED) is 0.780. The Balaban J connectivity index is 1.32. The molecule has 7 heteroatoms. The van der Waals surface area contributed by atoms with E-state index in [1.54, 1.807) is 6.33 Å². The summed E-state index contributed by atoms with van der Waals surface area (Å²) in [4.78, 5) is 31.6. The van der Waals surface area contributed by atoms with Crippen molar-refractivity contribution in [2.45, 2.75) is 77.3 Å². The van der Waals surface area contributed by atoms with Crippen LogP contribution < -0.4 is 4.90 Å². The van der Waals surface area contributed by atoms with E-state index in [1.165, 1.54) is 25.7 Å². The summed E-state index contributed by atoms with van der Waals surface area (Å²) in [6.07, 6.45) is 11.7. The van der Waals surface area contributed by atoms with E-state index in [1.807, 2.05) is 0 Å². The molecule has 156 valence electrons. The lowest BCUT2D eigenvalue weighted by molar-refractivity contribution is -0.139. The number of rotatable bonds is 2. The highest BCUT2D eigenvalue weighted by atomic mass is 16.2. The van der Waals surface area contributed by atoms with Crippen LogP contribution in [0.3, 0.4) is 0 Å². The van der Waals surface area contributed by atoms with E-state index in [2.05, 4.69) is 31.3 Å². The van der Waals surface area contributed by atoms with Crippen molar-refractivity contribution >= 4 is 22.9 Å². The number of fused-ring (bicyclic) bond motifs is 3. The molecule has 2 fully saturated rings. The fourth-order valence-corrected chi connectivity index (χ4v) is 5.36. The number of nitrogens with zero attached hydrogens (tertiary/aromatic N) is 6. The van der Waals surface area contributed by atoms with Crippen molar-refractivity contribution in [3.05, 3.63) is 12.2 Å². The van der Waals surface area contributed by atoms with Gasteiger partial charge < -0.3 is 14.4 Å². The molecule has 0 aliphatic carbocycles. The summed E-state index contributed by atoms with van der Waals surface area (Å²) in [5, 5.41) is 0. The monoisotopic (exact) mass is 396 g/mol. The van der Waals surface area contributed by atoms with E-state index in [-0.39, 0.29) is 5.92 Å². The normalized spacial score (nSPS) is 23.8. The van der Waals surface area contributed by atoms with E-state index >= 15 is 0 Å². The fourth-order valence-electron chi connectivity index (χ4n) is 5.36. The average Bonchev–Trinajstić information content (AvgIpc) is 2.95. The van der Waals surface area contributed by atoms with E-state index < -0.39 is 0 Å². The number of carbonyl (C=O) groups excluding carboxylic acids is 1. The molecule has 3 aliphatic rings. The van der Waals surface area contributed by atoms with Crippen LogP contribution in [0.25, 0.3) is 11.2 Å². The molecule has 5 rings (SSSR count). The Morgan fingerprint density at radius 3 is 2.62 bits per heavy atom. The Labute approximate surface area is 172 Å². The Kier molecular flexibility index (Phi) is 5.14. The number of anilines is 1. The number of piperidine rings is 2. The van der Waals surface area contributed by atoms with Gasteiger partial charge in [0.15, 0.2) is 17.0 Å². The first kappa shape index (κ1) is 18.8. The Morgan fingerprint density at radius 2 is 1.79 bits per heavy atom. The predicted molar refractivity (Wildman–Crippen MR) is 113 cm³/mol. The fraction of sp³-hybridized carbons (Fsp3) is 0.727. The molecule has 0 radical (unpaired) electrons. The van der Waals surface area contributed by atoms with Crippen LogP contribution in [0.15, 0.2) is 6.33 Å². The number of hydrogen-bond acceptors (Lipinski definition) is 5. The number of hydrogen-bond donors (Lipinski definition) is 0. The van der Waals surface area contributed by atoms with Crippen molar-refractivity contribution in [3.63, 3.8) is 0 Å². The van der Waals surface area contributed by atoms with Gasteiger partial charge in [0.2, 0.25) is 5.91 Å². The first-order valence-corrected chi connectivity index (χ1v) is 11.5. The van der Waals surface area contributed by atoms with E-state index in [0.717, 1.165) is 81.1 Å². The molecule has 2 aromatic heterocycles. The zero-order valence-electron chi connectivity index (χ0n) is 17.5. The topological polar surface area (TPSA) is 67.2 Å². The highest BCUT2D eigenvalue weighted by Gasteiger charge is 2.33. The summed E-state index contributed by atoms with van der Waals surface area (Å²) in [5.74, 6) is 2.64. The molecule has 29 heavy (non-hydrogen) atoms. The van der Waals surface area contributed by atoms with E-state index in [9.17, 15) is 4.79 Å². The van der Waals surface area contributed by atoms with Gasteiger partial charge in [-0.1, -0.05) is 6.42 Å². The summed E-state index contributed by atoms with van der Waals surface area (Å²) in [7, 11) is 0. The third kappa shape index (κ3) is 3.49. The van der Waals surface area contributed by atoms with Crippen molar-refractivity contribution < 1.29 is 4.79 Å². The lowest BCUT2D eigenvalue weighted by atomic mass is 9.93. The zero-order chi connectivity index (χ0) is 19.8. The molecule has 2 saturated heterocycles. The summed E-state index contributed by atoms with van der Waals surface area (Å²) >= 11 is 0. The number of aryl methyl sites for hydroxylation is 2. The van der Waals surface area contributed by atoms with Crippen molar-refractivity contribution in [1.29, 1.82) is 0 Å². The molecular weight excluding hydrogens is 364 g/mol. The molecule has 1 amide bonds. The minimum absolute atomic E-state index is 0.155. The van der Waals surface area contributed by atoms with Gasteiger partial charge in [-0.25, -0.2) is 15.0 Å². The van der Waals surface area contributed by atoms with Gasteiger partial charge in [-0.2, -0.15) is 0 Å². The molecule has 7 nitrogen and oxygen atoms in total. The molecule has 0 saturated carbocycles. The minimum atomic E-state index is 0.155. The zero-order valence-corrected chi connectivity index (χ0v) is 17.5. The van der Waals surface area contributed by atoms with Gasteiger partial charge in [0.05, 0.1) is 0 Å². The lowest BCUT2D eigenvalue weighted by Crippen LogP contribution is -2.48. The number of amides is 1. The average molecular weight is 397 g/mol. The van der Waals surface area contributed by atoms with E-state index in [0.29, 0.717) is 11.9 Å². The second-order valence-corrected chi connectivity index (χ2v) is 9.00. The highest BCUT2D eigenvalue weighted by molar-refractivity contribution is 5.84. The van der Waals surface area contributed by atoms with Crippen LogP contribution in [0, 0.1) is 5.92 Å². The first-order valence-electron chi connectivity index (χ1n) is 11.5. The SMILES string of the molecule is CC1CCCCN1C(=O)C1CCN(c2ncnc3c2nc2n3CCCCC2)CC1. The van der Waals surface area contributed by atoms with Crippen molar-refractivity contribution in [2.24, 2.45) is 5.92 Å². The maximum Gasteiger partial charge on any atom is 0.226 e. The number of likely N-dealkylation sites (tertiary alicyclic amines) is 1.